The summed E-state index contributed by atoms with van der Waals surface area (Å²) >= 11 is 0. The van der Waals surface area contributed by atoms with Gasteiger partial charge in [0.15, 0.2) is 0 Å². The Morgan fingerprint density at radius 1 is 1.08 bits per heavy atom. The minimum atomic E-state index is -4.22. The SMILES string of the molecule is N#Cc1ccc(C(=O)N2CCN(S(=O)(=O)c3ccc(F)cc3)[C@@H](C(=O)N[C@@H]3CCCNC3=O)C2)cc1. The van der Waals surface area contributed by atoms with Gasteiger partial charge in [-0.05, 0) is 61.4 Å². The van der Waals surface area contributed by atoms with E-state index < -0.39 is 39.7 Å². The van der Waals surface area contributed by atoms with E-state index in [2.05, 4.69) is 10.6 Å². The van der Waals surface area contributed by atoms with Crippen LogP contribution in [0, 0.1) is 17.1 Å². The Morgan fingerprint density at radius 2 is 1.78 bits per heavy atom. The van der Waals surface area contributed by atoms with Gasteiger partial charge in [-0.1, -0.05) is 0 Å². The molecule has 2 aromatic rings. The summed E-state index contributed by atoms with van der Waals surface area (Å²) in [6, 6.07) is 10.1. The van der Waals surface area contributed by atoms with Crippen LogP contribution in [0.25, 0.3) is 0 Å². The van der Waals surface area contributed by atoms with Crippen molar-refractivity contribution >= 4 is 27.7 Å². The van der Waals surface area contributed by atoms with Gasteiger partial charge in [0.1, 0.15) is 17.9 Å². The minimum Gasteiger partial charge on any atom is -0.354 e. The van der Waals surface area contributed by atoms with Crippen LogP contribution in [-0.4, -0.2) is 73.6 Å². The number of sulfonamides is 1. The molecule has 4 rings (SSSR count). The molecule has 0 saturated carbocycles. The smallest absolute Gasteiger partial charge is 0.253 e. The first-order valence-electron chi connectivity index (χ1n) is 11.4. The Hall–Kier alpha value is -3.82. The Bertz CT molecular complexity index is 1310. The lowest BCUT2D eigenvalue weighted by Crippen LogP contribution is -2.63. The number of piperidine rings is 1. The van der Waals surface area contributed by atoms with E-state index in [1.54, 1.807) is 0 Å². The van der Waals surface area contributed by atoms with E-state index in [9.17, 15) is 27.2 Å². The van der Waals surface area contributed by atoms with Gasteiger partial charge >= 0.3 is 0 Å². The number of amides is 3. The van der Waals surface area contributed by atoms with Crippen LogP contribution in [0.1, 0.15) is 28.8 Å². The summed E-state index contributed by atoms with van der Waals surface area (Å²) in [4.78, 5) is 39.8. The summed E-state index contributed by atoms with van der Waals surface area (Å²) in [7, 11) is -4.22. The van der Waals surface area contributed by atoms with Crippen LogP contribution in [0.2, 0.25) is 0 Å². The number of halogens is 1. The predicted molar refractivity (Wildman–Crippen MR) is 125 cm³/mol. The predicted octanol–water partition coefficient (Wildman–Crippen LogP) is 0.607. The molecule has 0 unspecified atom stereocenters. The Morgan fingerprint density at radius 3 is 2.42 bits per heavy atom. The number of hydrogen-bond donors (Lipinski definition) is 2. The molecular formula is C24H24FN5O5S. The second-order valence-electron chi connectivity index (χ2n) is 8.52. The number of nitriles is 1. The molecule has 12 heteroatoms. The topological polar surface area (TPSA) is 140 Å². The maximum atomic E-state index is 13.4. The van der Waals surface area contributed by atoms with Crippen molar-refractivity contribution in [1.29, 1.82) is 5.26 Å². The molecule has 2 aliphatic heterocycles. The third-order valence-corrected chi connectivity index (χ3v) is 8.13. The van der Waals surface area contributed by atoms with E-state index in [1.807, 2.05) is 6.07 Å². The standard InChI is InChI=1S/C24H24FN5O5S/c25-18-7-9-19(10-8-18)36(34,35)30-13-12-29(24(33)17-5-3-16(14-26)4-6-17)15-21(30)23(32)28-20-2-1-11-27-22(20)31/h3-10,20-21H,1-2,11-13,15H2,(H,27,31)(H,28,32)/t20-,21-/m1/s1. The number of nitrogens with zero attached hydrogens (tertiary/aromatic N) is 3. The number of hydrogen-bond acceptors (Lipinski definition) is 6. The van der Waals surface area contributed by atoms with Gasteiger partial charge in [0.2, 0.25) is 21.8 Å². The summed E-state index contributed by atoms with van der Waals surface area (Å²) in [5.41, 5.74) is 0.666. The quantitative estimate of drug-likeness (QED) is 0.601. The molecule has 3 amide bonds. The van der Waals surface area contributed by atoms with E-state index in [-0.39, 0.29) is 36.0 Å². The van der Waals surface area contributed by atoms with Gasteiger partial charge in [0.25, 0.3) is 5.91 Å². The van der Waals surface area contributed by atoms with Gasteiger partial charge in [-0.25, -0.2) is 12.8 Å². The largest absolute Gasteiger partial charge is 0.354 e. The number of nitrogens with one attached hydrogen (secondary N) is 2. The first-order valence-corrected chi connectivity index (χ1v) is 12.8. The lowest BCUT2D eigenvalue weighted by molar-refractivity contribution is -0.132. The third kappa shape index (κ3) is 5.22. The van der Waals surface area contributed by atoms with Gasteiger partial charge in [0, 0.05) is 31.7 Å². The molecule has 2 heterocycles. The molecule has 0 aliphatic carbocycles. The average Bonchev–Trinajstić information content (AvgIpc) is 2.89. The zero-order chi connectivity index (χ0) is 25.9. The summed E-state index contributed by atoms with van der Waals surface area (Å²) in [5, 5.41) is 14.3. The number of rotatable bonds is 5. The second-order valence-corrected chi connectivity index (χ2v) is 10.4. The van der Waals surface area contributed by atoms with Crippen molar-refractivity contribution < 1.29 is 27.2 Å². The van der Waals surface area contributed by atoms with E-state index in [0.29, 0.717) is 24.9 Å². The fourth-order valence-electron chi connectivity index (χ4n) is 4.24. The number of benzene rings is 2. The molecular weight excluding hydrogens is 489 g/mol. The van der Waals surface area contributed by atoms with Crippen molar-refractivity contribution in [2.75, 3.05) is 26.2 Å². The average molecular weight is 514 g/mol. The fraction of sp³-hybridized carbons (Fsp3) is 0.333. The first-order chi connectivity index (χ1) is 17.2. The summed E-state index contributed by atoms with van der Waals surface area (Å²) in [6.07, 6.45) is 1.06. The molecule has 188 valence electrons. The van der Waals surface area contributed by atoms with E-state index >= 15 is 0 Å². The zero-order valence-electron chi connectivity index (χ0n) is 19.2. The zero-order valence-corrected chi connectivity index (χ0v) is 20.0. The molecule has 2 saturated heterocycles. The normalized spacial score (nSPS) is 20.8. The van der Waals surface area contributed by atoms with Crippen LogP contribution in [0.5, 0.6) is 0 Å². The monoisotopic (exact) mass is 513 g/mol. The molecule has 0 bridgehead atoms. The second kappa shape index (κ2) is 10.4. The highest BCUT2D eigenvalue weighted by atomic mass is 32.2. The Labute approximate surface area is 207 Å². The molecule has 2 N–H and O–H groups in total. The highest BCUT2D eigenvalue weighted by Gasteiger charge is 2.42. The van der Waals surface area contributed by atoms with Crippen LogP contribution < -0.4 is 10.6 Å². The van der Waals surface area contributed by atoms with Crippen molar-refractivity contribution in [3.63, 3.8) is 0 Å². The number of carbonyl (C=O) groups excluding carboxylic acids is 3. The molecule has 0 radical (unpaired) electrons. The summed E-state index contributed by atoms with van der Waals surface area (Å²) < 4.78 is 41.2. The summed E-state index contributed by atoms with van der Waals surface area (Å²) in [6.45, 7) is 0.0651. The van der Waals surface area contributed by atoms with Crippen molar-refractivity contribution in [3.05, 3.63) is 65.5 Å². The number of carbonyl (C=O) groups is 3. The maximum Gasteiger partial charge on any atom is 0.253 e. The van der Waals surface area contributed by atoms with Crippen molar-refractivity contribution in [1.82, 2.24) is 19.8 Å². The van der Waals surface area contributed by atoms with Gasteiger partial charge in [-0.3, -0.25) is 14.4 Å². The summed E-state index contributed by atoms with van der Waals surface area (Å²) in [5.74, 6) is -2.10. The first kappa shape index (κ1) is 25.3. The Kier molecular flexibility index (Phi) is 7.32. The van der Waals surface area contributed by atoms with Crippen LogP contribution in [0.3, 0.4) is 0 Å². The minimum absolute atomic E-state index is 0.00690. The van der Waals surface area contributed by atoms with Gasteiger partial charge in [-0.2, -0.15) is 9.57 Å². The Balaban J connectivity index is 1.61. The van der Waals surface area contributed by atoms with Crippen LogP contribution in [0.4, 0.5) is 4.39 Å². The van der Waals surface area contributed by atoms with E-state index in [1.165, 1.54) is 29.2 Å². The molecule has 2 aliphatic rings. The highest BCUT2D eigenvalue weighted by Crippen LogP contribution is 2.23. The molecule has 2 aromatic carbocycles. The molecule has 36 heavy (non-hydrogen) atoms. The maximum absolute atomic E-state index is 13.4. The van der Waals surface area contributed by atoms with Gasteiger partial charge in [-0.15, -0.1) is 0 Å². The van der Waals surface area contributed by atoms with Crippen LogP contribution in [-0.2, 0) is 19.6 Å². The number of piperazine rings is 1. The van der Waals surface area contributed by atoms with E-state index in [4.69, 9.17) is 5.26 Å². The van der Waals surface area contributed by atoms with Gasteiger partial charge in [0.05, 0.1) is 16.5 Å². The highest BCUT2D eigenvalue weighted by molar-refractivity contribution is 7.89. The lowest BCUT2D eigenvalue weighted by Gasteiger charge is -2.40. The molecule has 2 atom stereocenters. The van der Waals surface area contributed by atoms with E-state index in [0.717, 1.165) is 28.6 Å². The van der Waals surface area contributed by atoms with Crippen LogP contribution >= 0.6 is 0 Å². The van der Waals surface area contributed by atoms with Crippen molar-refractivity contribution in [2.24, 2.45) is 0 Å². The molecule has 2 fully saturated rings. The molecule has 10 nitrogen and oxygen atoms in total. The molecule has 0 spiro atoms. The van der Waals surface area contributed by atoms with Gasteiger partial charge < -0.3 is 15.5 Å². The van der Waals surface area contributed by atoms with Crippen LogP contribution in [0.15, 0.2) is 53.4 Å². The third-order valence-electron chi connectivity index (χ3n) is 6.20. The van der Waals surface area contributed by atoms with Crippen molar-refractivity contribution in [3.8, 4) is 6.07 Å². The lowest BCUT2D eigenvalue weighted by atomic mass is 10.1. The fourth-order valence-corrected chi connectivity index (χ4v) is 5.81. The van der Waals surface area contributed by atoms with Crippen molar-refractivity contribution in [2.45, 2.75) is 29.8 Å². The molecule has 0 aromatic heterocycles.